The second-order valence-corrected chi connectivity index (χ2v) is 4.97. The van der Waals surface area contributed by atoms with Crippen LogP contribution in [-0.4, -0.2) is 74.9 Å². The number of hydrogen-bond donors (Lipinski definition) is 1. The van der Waals surface area contributed by atoms with E-state index in [0.29, 0.717) is 6.10 Å². The summed E-state index contributed by atoms with van der Waals surface area (Å²) in [5.74, 6) is 0. The second-order valence-electron chi connectivity index (χ2n) is 4.97. The van der Waals surface area contributed by atoms with Crippen molar-refractivity contribution in [3.8, 4) is 0 Å². The lowest BCUT2D eigenvalue weighted by atomic mass is 10.2. The van der Waals surface area contributed by atoms with Gasteiger partial charge in [0, 0.05) is 19.6 Å². The molecular formula is C14H31N3O. The van der Waals surface area contributed by atoms with Crippen molar-refractivity contribution in [1.29, 1.82) is 0 Å². The van der Waals surface area contributed by atoms with Crippen LogP contribution in [0.15, 0.2) is 0 Å². The normalized spacial score (nSPS) is 21.7. The number of rotatable bonds is 9. The van der Waals surface area contributed by atoms with E-state index in [1.54, 1.807) is 0 Å². The molecule has 1 rings (SSSR count). The van der Waals surface area contributed by atoms with E-state index in [1.807, 2.05) is 0 Å². The number of hydrogen-bond acceptors (Lipinski definition) is 4. The summed E-state index contributed by atoms with van der Waals surface area (Å²) in [6, 6.07) is 0. The molecule has 0 aromatic heterocycles. The van der Waals surface area contributed by atoms with Crippen molar-refractivity contribution >= 4 is 0 Å². The number of likely N-dealkylation sites (N-methyl/N-ethyl adjacent to an activating group) is 1. The highest BCUT2D eigenvalue weighted by molar-refractivity contribution is 4.72. The van der Waals surface area contributed by atoms with Gasteiger partial charge in [-0.1, -0.05) is 20.8 Å². The number of nitrogens with zero attached hydrogens (tertiary/aromatic N) is 2. The Morgan fingerprint density at radius 2 is 2.06 bits per heavy atom. The van der Waals surface area contributed by atoms with Crippen LogP contribution in [0.25, 0.3) is 0 Å². The van der Waals surface area contributed by atoms with Gasteiger partial charge in [-0.2, -0.15) is 0 Å². The van der Waals surface area contributed by atoms with Crippen LogP contribution in [0.4, 0.5) is 0 Å². The molecule has 0 aromatic carbocycles. The molecule has 4 nitrogen and oxygen atoms in total. The highest BCUT2D eigenvalue weighted by Crippen LogP contribution is 2.03. The average Bonchev–Trinajstić information content (AvgIpc) is 2.43. The van der Waals surface area contributed by atoms with Gasteiger partial charge in [0.2, 0.25) is 0 Å². The molecule has 0 saturated carbocycles. The van der Waals surface area contributed by atoms with E-state index in [2.05, 4.69) is 35.9 Å². The minimum atomic E-state index is 0.382. The van der Waals surface area contributed by atoms with Gasteiger partial charge >= 0.3 is 0 Å². The maximum Gasteiger partial charge on any atom is 0.0826 e. The lowest BCUT2D eigenvalue weighted by molar-refractivity contribution is -0.0252. The van der Waals surface area contributed by atoms with Gasteiger partial charge in [-0.25, -0.2) is 0 Å². The molecule has 108 valence electrons. The summed E-state index contributed by atoms with van der Waals surface area (Å²) in [5.41, 5.74) is 0. The average molecular weight is 257 g/mol. The van der Waals surface area contributed by atoms with Gasteiger partial charge < -0.3 is 15.0 Å². The Bertz CT molecular complexity index is 197. The van der Waals surface area contributed by atoms with E-state index < -0.39 is 0 Å². The Hall–Kier alpha value is -0.160. The molecule has 0 aromatic rings. The van der Waals surface area contributed by atoms with E-state index in [-0.39, 0.29) is 0 Å². The summed E-state index contributed by atoms with van der Waals surface area (Å²) >= 11 is 0. The molecule has 0 aliphatic carbocycles. The third kappa shape index (κ3) is 6.14. The lowest BCUT2D eigenvalue weighted by Gasteiger charge is -2.32. The first kappa shape index (κ1) is 15.9. The Balaban J connectivity index is 2.00. The molecule has 0 amide bonds. The van der Waals surface area contributed by atoms with Crippen LogP contribution in [0.2, 0.25) is 0 Å². The van der Waals surface area contributed by atoms with Gasteiger partial charge in [-0.05, 0) is 39.1 Å². The van der Waals surface area contributed by atoms with Crippen molar-refractivity contribution in [1.82, 2.24) is 15.1 Å². The first-order chi connectivity index (χ1) is 8.80. The van der Waals surface area contributed by atoms with E-state index in [0.717, 1.165) is 52.4 Å². The Morgan fingerprint density at radius 1 is 1.28 bits per heavy atom. The summed E-state index contributed by atoms with van der Waals surface area (Å²) in [4.78, 5) is 4.93. The molecule has 1 N–H and O–H groups in total. The topological polar surface area (TPSA) is 27.7 Å². The molecule has 1 aliphatic heterocycles. The molecule has 1 atom stereocenters. The third-order valence-corrected chi connectivity index (χ3v) is 3.76. The minimum Gasteiger partial charge on any atom is -0.374 e. The zero-order valence-corrected chi connectivity index (χ0v) is 12.5. The SMILES string of the molecule is CCN(CC)CCCNCC1CN(CC)CCO1. The monoisotopic (exact) mass is 257 g/mol. The second kappa shape index (κ2) is 9.73. The summed E-state index contributed by atoms with van der Waals surface area (Å²) in [5, 5.41) is 3.52. The fraction of sp³-hybridized carbons (Fsp3) is 1.00. The van der Waals surface area contributed by atoms with E-state index >= 15 is 0 Å². The quantitative estimate of drug-likeness (QED) is 0.624. The van der Waals surface area contributed by atoms with Crippen LogP contribution in [0.1, 0.15) is 27.2 Å². The number of nitrogens with one attached hydrogen (secondary N) is 1. The molecule has 1 saturated heterocycles. The largest absolute Gasteiger partial charge is 0.374 e. The van der Waals surface area contributed by atoms with Gasteiger partial charge in [0.25, 0.3) is 0 Å². The molecular weight excluding hydrogens is 226 g/mol. The van der Waals surface area contributed by atoms with Gasteiger partial charge in [-0.15, -0.1) is 0 Å². The third-order valence-electron chi connectivity index (χ3n) is 3.76. The molecule has 1 fully saturated rings. The van der Waals surface area contributed by atoms with Crippen molar-refractivity contribution in [3.63, 3.8) is 0 Å². The van der Waals surface area contributed by atoms with E-state index in [9.17, 15) is 0 Å². The van der Waals surface area contributed by atoms with Crippen molar-refractivity contribution < 1.29 is 4.74 Å². The van der Waals surface area contributed by atoms with Crippen LogP contribution in [0.3, 0.4) is 0 Å². The van der Waals surface area contributed by atoms with Crippen molar-refractivity contribution in [2.24, 2.45) is 0 Å². The smallest absolute Gasteiger partial charge is 0.0826 e. The fourth-order valence-electron chi connectivity index (χ4n) is 2.42. The Morgan fingerprint density at radius 3 is 2.72 bits per heavy atom. The maximum atomic E-state index is 5.77. The number of ether oxygens (including phenoxy) is 1. The van der Waals surface area contributed by atoms with E-state index in [1.165, 1.54) is 13.0 Å². The highest BCUT2D eigenvalue weighted by Gasteiger charge is 2.18. The first-order valence-corrected chi connectivity index (χ1v) is 7.57. The molecule has 1 heterocycles. The molecule has 1 unspecified atom stereocenters. The molecule has 4 heteroatoms. The number of morpholine rings is 1. The predicted molar refractivity (Wildman–Crippen MR) is 77.1 cm³/mol. The standard InChI is InChI=1S/C14H31N3O/c1-4-16(5-2)9-7-8-15-12-14-13-17(6-3)10-11-18-14/h14-15H,4-13H2,1-3H3. The molecule has 1 aliphatic rings. The van der Waals surface area contributed by atoms with Gasteiger partial charge in [0.1, 0.15) is 0 Å². The van der Waals surface area contributed by atoms with Crippen LogP contribution < -0.4 is 5.32 Å². The summed E-state index contributed by atoms with van der Waals surface area (Å²) in [7, 11) is 0. The maximum absolute atomic E-state index is 5.77. The van der Waals surface area contributed by atoms with Crippen molar-refractivity contribution in [2.75, 3.05) is 59.0 Å². The summed E-state index contributed by atoms with van der Waals surface area (Å²) in [6.45, 7) is 16.5. The van der Waals surface area contributed by atoms with Crippen LogP contribution in [0.5, 0.6) is 0 Å². The zero-order valence-electron chi connectivity index (χ0n) is 12.5. The highest BCUT2D eigenvalue weighted by atomic mass is 16.5. The van der Waals surface area contributed by atoms with Gasteiger partial charge in [0.05, 0.1) is 12.7 Å². The molecule has 18 heavy (non-hydrogen) atoms. The molecule has 0 bridgehead atoms. The van der Waals surface area contributed by atoms with Gasteiger partial charge in [0.15, 0.2) is 0 Å². The molecule has 0 radical (unpaired) electrons. The minimum absolute atomic E-state index is 0.382. The predicted octanol–water partition coefficient (Wildman–Crippen LogP) is 1.03. The van der Waals surface area contributed by atoms with Crippen molar-refractivity contribution in [3.05, 3.63) is 0 Å². The van der Waals surface area contributed by atoms with E-state index in [4.69, 9.17) is 4.74 Å². The first-order valence-electron chi connectivity index (χ1n) is 7.57. The Kier molecular flexibility index (Phi) is 8.59. The lowest BCUT2D eigenvalue weighted by Crippen LogP contribution is -2.46. The van der Waals surface area contributed by atoms with Crippen molar-refractivity contribution in [2.45, 2.75) is 33.3 Å². The molecule has 0 spiro atoms. The van der Waals surface area contributed by atoms with Gasteiger partial charge in [-0.3, -0.25) is 4.90 Å². The zero-order chi connectivity index (χ0) is 13.2. The van der Waals surface area contributed by atoms with Crippen LogP contribution in [0, 0.1) is 0 Å². The van der Waals surface area contributed by atoms with Crippen LogP contribution >= 0.6 is 0 Å². The van der Waals surface area contributed by atoms with Crippen LogP contribution in [-0.2, 0) is 4.74 Å². The Labute approximate surface area is 113 Å². The fourth-order valence-corrected chi connectivity index (χ4v) is 2.42. The summed E-state index contributed by atoms with van der Waals surface area (Å²) < 4.78 is 5.77. The summed E-state index contributed by atoms with van der Waals surface area (Å²) in [6.07, 6.45) is 1.61.